The molecule has 0 amide bonds. The van der Waals surface area contributed by atoms with Crippen LogP contribution in [0, 0.1) is 0 Å². The Balaban J connectivity index is 1.91. The first-order valence-corrected chi connectivity index (χ1v) is 13.8. The van der Waals surface area contributed by atoms with Gasteiger partial charge in [0.15, 0.2) is 16.3 Å². The Morgan fingerprint density at radius 3 is 2.49 bits per heavy atom. The average molecular weight is 616 g/mol. The van der Waals surface area contributed by atoms with E-state index in [-0.39, 0.29) is 17.7 Å². The van der Waals surface area contributed by atoms with E-state index in [0.29, 0.717) is 54.5 Å². The lowest BCUT2D eigenvalue weighted by Gasteiger charge is -2.25. The van der Waals surface area contributed by atoms with Crippen molar-refractivity contribution in [2.75, 3.05) is 20.3 Å². The quantitative estimate of drug-likeness (QED) is 0.280. The molecule has 1 atom stereocenters. The Morgan fingerprint density at radius 1 is 1.10 bits per heavy atom. The van der Waals surface area contributed by atoms with Crippen molar-refractivity contribution < 1.29 is 28.5 Å². The maximum absolute atomic E-state index is 13.8. The van der Waals surface area contributed by atoms with Crippen LogP contribution in [0.4, 0.5) is 0 Å². The number of esters is 2. The molecule has 1 aromatic heterocycles. The van der Waals surface area contributed by atoms with Gasteiger partial charge in [-0.3, -0.25) is 14.2 Å². The lowest BCUT2D eigenvalue weighted by Crippen LogP contribution is -2.40. The largest absolute Gasteiger partial charge is 0.493 e. The normalized spacial score (nSPS) is 14.9. The van der Waals surface area contributed by atoms with Crippen LogP contribution < -0.4 is 29.1 Å². The van der Waals surface area contributed by atoms with E-state index in [4.69, 9.17) is 18.9 Å². The Bertz CT molecular complexity index is 1650. The Kier molecular flexibility index (Phi) is 8.71. The molecule has 1 aliphatic rings. The third-order valence-electron chi connectivity index (χ3n) is 5.83. The van der Waals surface area contributed by atoms with E-state index < -0.39 is 18.0 Å². The zero-order chi connectivity index (χ0) is 28.3. The fourth-order valence-corrected chi connectivity index (χ4v) is 5.76. The molecule has 0 radical (unpaired) electrons. The van der Waals surface area contributed by atoms with Gasteiger partial charge in [-0.15, -0.1) is 0 Å². The van der Waals surface area contributed by atoms with Gasteiger partial charge in [0.25, 0.3) is 5.56 Å². The molecule has 39 heavy (non-hydrogen) atoms. The van der Waals surface area contributed by atoms with Gasteiger partial charge in [-0.1, -0.05) is 23.5 Å². The van der Waals surface area contributed by atoms with Crippen molar-refractivity contribution in [1.82, 2.24) is 4.57 Å². The minimum Gasteiger partial charge on any atom is -0.493 e. The molecule has 2 heterocycles. The summed E-state index contributed by atoms with van der Waals surface area (Å²) in [6.07, 6.45) is 1.73. The zero-order valence-electron chi connectivity index (χ0n) is 22.1. The molecule has 4 rings (SSSR count). The van der Waals surface area contributed by atoms with E-state index in [1.807, 2.05) is 6.92 Å². The Morgan fingerprint density at radius 2 is 1.85 bits per heavy atom. The number of halogens is 1. The molecule has 0 spiro atoms. The number of fused-ring (bicyclic) bond motifs is 1. The molecular weight excluding hydrogens is 588 g/mol. The van der Waals surface area contributed by atoms with Gasteiger partial charge >= 0.3 is 11.9 Å². The number of nitrogens with zero attached hydrogens (tertiary/aromatic N) is 2. The summed E-state index contributed by atoms with van der Waals surface area (Å²) in [5, 5.41) is 0. The van der Waals surface area contributed by atoms with Gasteiger partial charge < -0.3 is 18.9 Å². The Labute approximate surface area is 237 Å². The summed E-state index contributed by atoms with van der Waals surface area (Å²) >= 11 is 4.62. The number of thiazole rings is 1. The van der Waals surface area contributed by atoms with E-state index in [0.717, 1.165) is 0 Å². The number of hydrogen-bond donors (Lipinski definition) is 0. The first-order valence-electron chi connectivity index (χ1n) is 12.2. The number of aromatic nitrogens is 1. The second kappa shape index (κ2) is 12.0. The van der Waals surface area contributed by atoms with Gasteiger partial charge in [0.2, 0.25) is 0 Å². The van der Waals surface area contributed by atoms with Crippen molar-refractivity contribution in [3.05, 3.63) is 83.0 Å². The van der Waals surface area contributed by atoms with Crippen LogP contribution in [-0.2, 0) is 14.3 Å². The smallest absolute Gasteiger partial charge is 0.338 e. The van der Waals surface area contributed by atoms with Gasteiger partial charge in [-0.2, -0.15) is 0 Å². The summed E-state index contributed by atoms with van der Waals surface area (Å²) in [6, 6.07) is 9.67. The molecule has 0 fully saturated rings. The number of carbonyl (C=O) groups excluding carboxylic acids is 2. The number of hydrogen-bond acceptors (Lipinski definition) is 9. The third-order valence-corrected chi connectivity index (χ3v) is 7.43. The van der Waals surface area contributed by atoms with Crippen LogP contribution in [0.5, 0.6) is 17.2 Å². The molecule has 1 aliphatic heterocycles. The van der Waals surface area contributed by atoms with Crippen molar-refractivity contribution in [2.24, 2.45) is 4.99 Å². The third kappa shape index (κ3) is 5.84. The number of benzene rings is 2. The zero-order valence-corrected chi connectivity index (χ0v) is 24.5. The molecule has 204 valence electrons. The van der Waals surface area contributed by atoms with Crippen LogP contribution in [0.25, 0.3) is 6.08 Å². The number of allylic oxidation sites excluding steroid dienone is 1. The molecule has 11 heteroatoms. The van der Waals surface area contributed by atoms with Gasteiger partial charge in [-0.25, -0.2) is 9.79 Å². The van der Waals surface area contributed by atoms with Crippen LogP contribution in [0.1, 0.15) is 44.9 Å². The highest BCUT2D eigenvalue weighted by Gasteiger charge is 2.34. The number of methoxy groups -OCH3 is 1. The molecule has 0 saturated carbocycles. The van der Waals surface area contributed by atoms with Crippen molar-refractivity contribution in [1.29, 1.82) is 0 Å². The average Bonchev–Trinajstić information content (AvgIpc) is 3.19. The fraction of sp³-hybridized carbons (Fsp3) is 0.286. The molecular formula is C28H27BrN2O7S. The second-order valence-corrected chi connectivity index (χ2v) is 10.3. The minimum absolute atomic E-state index is 0.178. The summed E-state index contributed by atoms with van der Waals surface area (Å²) in [5.41, 5.74) is 1.79. The summed E-state index contributed by atoms with van der Waals surface area (Å²) < 4.78 is 24.2. The number of rotatable bonds is 8. The van der Waals surface area contributed by atoms with Crippen LogP contribution in [0.3, 0.4) is 0 Å². The predicted molar refractivity (Wildman–Crippen MR) is 150 cm³/mol. The summed E-state index contributed by atoms with van der Waals surface area (Å²) in [5.74, 6) is 0.428. The molecule has 3 aromatic rings. The predicted octanol–water partition coefficient (Wildman–Crippen LogP) is 3.89. The van der Waals surface area contributed by atoms with Gasteiger partial charge in [0, 0.05) is 6.92 Å². The summed E-state index contributed by atoms with van der Waals surface area (Å²) in [6.45, 7) is 7.23. The molecule has 0 aliphatic carbocycles. The van der Waals surface area contributed by atoms with Crippen LogP contribution >= 0.6 is 27.3 Å². The van der Waals surface area contributed by atoms with Gasteiger partial charge in [0.1, 0.15) is 5.75 Å². The first-order chi connectivity index (χ1) is 18.7. The molecule has 0 N–H and O–H groups in total. The number of ether oxygens (including phenoxy) is 4. The van der Waals surface area contributed by atoms with Crippen LogP contribution in [-0.4, -0.2) is 36.8 Å². The van der Waals surface area contributed by atoms with E-state index >= 15 is 0 Å². The standard InChI is InChI=1S/C28H27BrN2O7S/c1-6-36-22-14-18(9-11-21(22)35-5)25-24(27(34)37-7-2)15(3)30-28-31(25)26(33)23(39-28)13-17-8-10-20(19(29)12-17)38-16(4)32/h8-14,25H,6-7H2,1-5H3/b23-13-/t25-/m0/s1. The molecule has 2 aromatic carbocycles. The van der Waals surface area contributed by atoms with Crippen molar-refractivity contribution in [2.45, 2.75) is 33.7 Å². The second-order valence-electron chi connectivity index (χ2n) is 8.43. The highest BCUT2D eigenvalue weighted by Crippen LogP contribution is 2.36. The molecule has 0 saturated heterocycles. The summed E-state index contributed by atoms with van der Waals surface area (Å²) in [7, 11) is 1.55. The van der Waals surface area contributed by atoms with Crippen molar-refractivity contribution in [3.63, 3.8) is 0 Å². The number of carbonyl (C=O) groups is 2. The first kappa shape index (κ1) is 28.3. The highest BCUT2D eigenvalue weighted by atomic mass is 79.9. The van der Waals surface area contributed by atoms with E-state index in [1.54, 1.807) is 63.4 Å². The maximum atomic E-state index is 13.8. The van der Waals surface area contributed by atoms with Crippen molar-refractivity contribution in [3.8, 4) is 17.2 Å². The van der Waals surface area contributed by atoms with Crippen molar-refractivity contribution >= 4 is 45.3 Å². The molecule has 0 bridgehead atoms. The molecule has 0 unspecified atom stereocenters. The van der Waals surface area contributed by atoms with Gasteiger partial charge in [0.05, 0.1) is 46.6 Å². The minimum atomic E-state index is -0.786. The molecule has 9 nitrogen and oxygen atoms in total. The topological polar surface area (TPSA) is 105 Å². The lowest BCUT2D eigenvalue weighted by atomic mass is 9.95. The van der Waals surface area contributed by atoms with E-state index in [1.165, 1.54) is 22.8 Å². The SMILES string of the molecule is CCOC(=O)C1=C(C)N=c2s/c(=C\c3ccc(OC(C)=O)c(Br)c3)c(=O)n2[C@H]1c1ccc(OC)c(OCC)c1. The summed E-state index contributed by atoms with van der Waals surface area (Å²) in [4.78, 5) is 43.3. The van der Waals surface area contributed by atoms with E-state index in [2.05, 4.69) is 20.9 Å². The maximum Gasteiger partial charge on any atom is 0.338 e. The highest BCUT2D eigenvalue weighted by molar-refractivity contribution is 9.10. The van der Waals surface area contributed by atoms with Crippen LogP contribution in [0.2, 0.25) is 0 Å². The fourth-order valence-electron chi connectivity index (χ4n) is 4.23. The van der Waals surface area contributed by atoms with Crippen LogP contribution in [0.15, 0.2) is 61.9 Å². The van der Waals surface area contributed by atoms with E-state index in [9.17, 15) is 14.4 Å². The Hall–Kier alpha value is -3.70. The lowest BCUT2D eigenvalue weighted by molar-refractivity contribution is -0.139. The monoisotopic (exact) mass is 614 g/mol. The van der Waals surface area contributed by atoms with Gasteiger partial charge in [-0.05, 0) is 78.2 Å².